The highest BCUT2D eigenvalue weighted by atomic mass is 16.5. The Morgan fingerprint density at radius 2 is 1.11 bits per heavy atom. The molecule has 0 saturated carbocycles. The summed E-state index contributed by atoms with van der Waals surface area (Å²) in [4.78, 5) is 11.9. The molecule has 0 bridgehead atoms. The van der Waals surface area contributed by atoms with Gasteiger partial charge < -0.3 is 4.74 Å². The minimum absolute atomic E-state index is 0.00835. The highest BCUT2D eigenvalue weighted by Crippen LogP contribution is 2.15. The number of hydrogen-bond donors (Lipinski definition) is 0. The predicted octanol–water partition coefficient (Wildman–Crippen LogP) is 11.7. The molecule has 36 heavy (non-hydrogen) atoms. The molecule has 0 fully saturated rings. The Bertz CT molecular complexity index is 493. The molecule has 0 saturated heterocycles. The topological polar surface area (TPSA) is 26.3 Å². The SMILES string of the molecule is CCCCC/C=C\C/C=C\CCCCCCCC(=O)OCCCCCCCCCCCCC(C)CC. The smallest absolute Gasteiger partial charge is 0.305 e. The van der Waals surface area contributed by atoms with Crippen LogP contribution in [0.4, 0.5) is 0 Å². The first-order valence-electron chi connectivity index (χ1n) is 16.2. The molecule has 0 amide bonds. The van der Waals surface area contributed by atoms with Crippen LogP contribution in [0.1, 0.15) is 175 Å². The summed E-state index contributed by atoms with van der Waals surface area (Å²) in [5, 5.41) is 0. The molecule has 1 atom stereocenters. The molecule has 0 N–H and O–H groups in total. The molecular formula is C34H64O2. The van der Waals surface area contributed by atoms with Gasteiger partial charge in [0.05, 0.1) is 6.61 Å². The first-order chi connectivity index (χ1) is 17.7. The summed E-state index contributed by atoms with van der Waals surface area (Å²) >= 11 is 0. The Hall–Kier alpha value is -1.05. The maximum Gasteiger partial charge on any atom is 0.305 e. The normalized spacial score (nSPS) is 12.6. The van der Waals surface area contributed by atoms with Gasteiger partial charge in [-0.2, -0.15) is 0 Å². The zero-order valence-corrected chi connectivity index (χ0v) is 24.9. The van der Waals surface area contributed by atoms with Crippen molar-refractivity contribution in [2.24, 2.45) is 5.92 Å². The van der Waals surface area contributed by atoms with Crippen molar-refractivity contribution in [3.05, 3.63) is 24.3 Å². The Kier molecular flexibility index (Phi) is 29.3. The molecule has 2 heteroatoms. The Labute approximate surface area is 227 Å². The average Bonchev–Trinajstić information content (AvgIpc) is 2.88. The monoisotopic (exact) mass is 504 g/mol. The number of esters is 1. The first kappa shape index (κ1) is 35.0. The van der Waals surface area contributed by atoms with E-state index < -0.39 is 0 Å². The molecule has 212 valence electrons. The maximum absolute atomic E-state index is 11.9. The molecule has 1 unspecified atom stereocenters. The summed E-state index contributed by atoms with van der Waals surface area (Å²) < 4.78 is 5.42. The van der Waals surface area contributed by atoms with Crippen LogP contribution in [0.3, 0.4) is 0 Å². The molecule has 0 spiro atoms. The fourth-order valence-electron chi connectivity index (χ4n) is 4.55. The highest BCUT2D eigenvalue weighted by molar-refractivity contribution is 5.69. The standard InChI is InChI=1S/C34H64O2/c1-4-6-7-8-9-10-11-12-13-14-15-19-22-25-28-31-34(35)36-32-29-26-23-20-17-16-18-21-24-27-30-33(3)5-2/h9-10,12-13,33H,4-8,11,14-32H2,1-3H3/b10-9-,13-12-. The number of rotatable bonds is 28. The Balaban J connectivity index is 3.25. The van der Waals surface area contributed by atoms with Gasteiger partial charge in [0.2, 0.25) is 0 Å². The first-order valence-corrected chi connectivity index (χ1v) is 16.2. The van der Waals surface area contributed by atoms with Gasteiger partial charge in [0.25, 0.3) is 0 Å². The zero-order valence-electron chi connectivity index (χ0n) is 24.9. The van der Waals surface area contributed by atoms with Crippen LogP contribution in [-0.4, -0.2) is 12.6 Å². The van der Waals surface area contributed by atoms with E-state index in [0.717, 1.165) is 31.6 Å². The van der Waals surface area contributed by atoms with Crippen molar-refractivity contribution in [1.29, 1.82) is 0 Å². The van der Waals surface area contributed by atoms with E-state index in [1.807, 2.05) is 0 Å². The van der Waals surface area contributed by atoms with Crippen LogP contribution in [0, 0.1) is 5.92 Å². The van der Waals surface area contributed by atoms with Crippen molar-refractivity contribution in [3.8, 4) is 0 Å². The summed E-state index contributed by atoms with van der Waals surface area (Å²) in [6.45, 7) is 7.55. The minimum Gasteiger partial charge on any atom is -0.466 e. The number of carbonyl (C=O) groups excluding carboxylic acids is 1. The largest absolute Gasteiger partial charge is 0.466 e. The average molecular weight is 505 g/mol. The van der Waals surface area contributed by atoms with E-state index in [-0.39, 0.29) is 5.97 Å². The zero-order chi connectivity index (χ0) is 26.4. The molecular weight excluding hydrogens is 440 g/mol. The third kappa shape index (κ3) is 29.2. The minimum atomic E-state index is 0.00835. The third-order valence-corrected chi connectivity index (χ3v) is 7.38. The molecule has 0 heterocycles. The van der Waals surface area contributed by atoms with Crippen molar-refractivity contribution < 1.29 is 9.53 Å². The number of unbranched alkanes of at least 4 members (excludes halogenated alkanes) is 17. The van der Waals surface area contributed by atoms with Crippen LogP contribution in [0.15, 0.2) is 24.3 Å². The van der Waals surface area contributed by atoms with E-state index in [4.69, 9.17) is 4.74 Å². The van der Waals surface area contributed by atoms with Crippen LogP contribution in [0.25, 0.3) is 0 Å². The van der Waals surface area contributed by atoms with Crippen LogP contribution in [-0.2, 0) is 9.53 Å². The summed E-state index contributed by atoms with van der Waals surface area (Å²) in [6, 6.07) is 0. The summed E-state index contributed by atoms with van der Waals surface area (Å²) in [7, 11) is 0. The quantitative estimate of drug-likeness (QED) is 0.0601. The lowest BCUT2D eigenvalue weighted by Gasteiger charge is -2.07. The second-order valence-corrected chi connectivity index (χ2v) is 11.0. The van der Waals surface area contributed by atoms with Gasteiger partial charge >= 0.3 is 5.97 Å². The second-order valence-electron chi connectivity index (χ2n) is 11.0. The van der Waals surface area contributed by atoms with E-state index in [2.05, 4.69) is 45.1 Å². The summed E-state index contributed by atoms with van der Waals surface area (Å²) in [6.07, 6.45) is 39.2. The molecule has 0 aliphatic heterocycles. The molecule has 0 radical (unpaired) electrons. The number of ether oxygens (including phenoxy) is 1. The lowest BCUT2D eigenvalue weighted by atomic mass is 9.99. The maximum atomic E-state index is 11.9. The van der Waals surface area contributed by atoms with Crippen molar-refractivity contribution in [3.63, 3.8) is 0 Å². The van der Waals surface area contributed by atoms with Crippen LogP contribution >= 0.6 is 0 Å². The molecule has 0 aromatic carbocycles. The van der Waals surface area contributed by atoms with Crippen molar-refractivity contribution in [2.75, 3.05) is 6.61 Å². The van der Waals surface area contributed by atoms with Crippen LogP contribution in [0.5, 0.6) is 0 Å². The molecule has 0 aromatic rings. The molecule has 0 aliphatic rings. The summed E-state index contributed by atoms with van der Waals surface area (Å²) in [5.41, 5.74) is 0. The number of hydrogen-bond acceptors (Lipinski definition) is 2. The third-order valence-electron chi connectivity index (χ3n) is 7.38. The van der Waals surface area contributed by atoms with E-state index >= 15 is 0 Å². The Morgan fingerprint density at radius 3 is 1.69 bits per heavy atom. The number of carbonyl (C=O) groups is 1. The van der Waals surface area contributed by atoms with Crippen LogP contribution in [0.2, 0.25) is 0 Å². The van der Waals surface area contributed by atoms with Gasteiger partial charge in [0, 0.05) is 6.42 Å². The second kappa shape index (κ2) is 30.2. The van der Waals surface area contributed by atoms with E-state index in [1.165, 1.54) is 122 Å². The fraction of sp³-hybridized carbons (Fsp3) is 0.853. The lowest BCUT2D eigenvalue weighted by molar-refractivity contribution is -0.143. The van der Waals surface area contributed by atoms with Crippen molar-refractivity contribution >= 4 is 5.97 Å². The van der Waals surface area contributed by atoms with Gasteiger partial charge in [0.15, 0.2) is 0 Å². The molecule has 0 aliphatic carbocycles. The Morgan fingerprint density at radius 1 is 0.611 bits per heavy atom. The lowest BCUT2D eigenvalue weighted by Crippen LogP contribution is -2.05. The molecule has 0 rings (SSSR count). The van der Waals surface area contributed by atoms with Gasteiger partial charge in [-0.25, -0.2) is 0 Å². The van der Waals surface area contributed by atoms with Gasteiger partial charge in [-0.1, -0.05) is 148 Å². The predicted molar refractivity (Wildman–Crippen MR) is 161 cm³/mol. The van der Waals surface area contributed by atoms with Crippen molar-refractivity contribution in [2.45, 2.75) is 175 Å². The van der Waals surface area contributed by atoms with Gasteiger partial charge in [-0.3, -0.25) is 4.79 Å². The number of allylic oxidation sites excluding steroid dienone is 4. The van der Waals surface area contributed by atoms with Gasteiger partial charge in [-0.15, -0.1) is 0 Å². The van der Waals surface area contributed by atoms with Crippen LogP contribution < -0.4 is 0 Å². The molecule has 0 aromatic heterocycles. The van der Waals surface area contributed by atoms with Crippen molar-refractivity contribution in [1.82, 2.24) is 0 Å². The summed E-state index contributed by atoms with van der Waals surface area (Å²) in [5.74, 6) is 0.920. The highest BCUT2D eigenvalue weighted by Gasteiger charge is 2.02. The van der Waals surface area contributed by atoms with E-state index in [9.17, 15) is 4.79 Å². The van der Waals surface area contributed by atoms with E-state index in [0.29, 0.717) is 13.0 Å². The fourth-order valence-corrected chi connectivity index (χ4v) is 4.55. The molecule has 2 nitrogen and oxygen atoms in total. The van der Waals surface area contributed by atoms with Gasteiger partial charge in [0.1, 0.15) is 0 Å². The van der Waals surface area contributed by atoms with E-state index in [1.54, 1.807) is 0 Å². The van der Waals surface area contributed by atoms with Gasteiger partial charge in [-0.05, 0) is 50.9 Å².